The molecule has 2 aliphatic heterocycles. The van der Waals surface area contributed by atoms with Gasteiger partial charge in [-0.15, -0.1) is 0 Å². The Bertz CT molecular complexity index is 1520. The molecule has 3 atom stereocenters. The van der Waals surface area contributed by atoms with Gasteiger partial charge in [0.2, 0.25) is 11.8 Å². The third-order valence-electron chi connectivity index (χ3n) is 6.03. The van der Waals surface area contributed by atoms with E-state index < -0.39 is 53.9 Å². The average Bonchev–Trinajstić information content (AvgIpc) is 3.35. The van der Waals surface area contributed by atoms with Crippen molar-refractivity contribution in [3.63, 3.8) is 0 Å². The quantitative estimate of drug-likeness (QED) is 0.244. The van der Waals surface area contributed by atoms with E-state index in [1.807, 2.05) is 0 Å². The zero-order valence-corrected chi connectivity index (χ0v) is 21.6. The van der Waals surface area contributed by atoms with Crippen molar-refractivity contribution >= 4 is 64.1 Å². The van der Waals surface area contributed by atoms with Gasteiger partial charge in [0.05, 0.1) is 10.9 Å². The second kappa shape index (κ2) is 10.2. The minimum absolute atomic E-state index is 0.0438. The van der Waals surface area contributed by atoms with Crippen LogP contribution in [0.1, 0.15) is 16.4 Å². The molecule has 0 aliphatic carbocycles. The summed E-state index contributed by atoms with van der Waals surface area (Å²) in [6.45, 7) is -1.20. The van der Waals surface area contributed by atoms with Crippen LogP contribution in [-0.2, 0) is 19.2 Å². The van der Waals surface area contributed by atoms with Crippen molar-refractivity contribution in [1.29, 1.82) is 0 Å². The highest BCUT2D eigenvalue weighted by Crippen LogP contribution is 2.54. The number of benzene rings is 2. The first kappa shape index (κ1) is 25.8. The number of aromatic nitrogens is 1. The zero-order valence-electron chi connectivity index (χ0n) is 19.2. The lowest BCUT2D eigenvalue weighted by Crippen LogP contribution is -2.36. The molecule has 0 radical (unpaired) electrons. The summed E-state index contributed by atoms with van der Waals surface area (Å²) in [6.07, 6.45) is 0. The number of amides is 3. The Balaban J connectivity index is 1.49. The molecule has 5 rings (SSSR count). The highest BCUT2D eigenvalue weighted by atomic mass is 35.5. The Kier molecular flexibility index (Phi) is 6.90. The number of carboxylic acids is 1. The number of rotatable bonds is 7. The summed E-state index contributed by atoms with van der Waals surface area (Å²) in [4.78, 5) is 66.0. The predicted octanol–water partition coefficient (Wildman–Crippen LogP) is 2.49. The molecular weight excluding hydrogens is 558 g/mol. The standard InChI is InChI=1S/C24H18ClN3O8S2/c25-10-1-6-14(36-9-15(30)26-11-2-4-12(29)5-3-11)13(7-10)17-18-20(37-21-19(17)38-24(35)27-21)23(34)28(22(18)33)8-16(31)32/h1-7,17-18,20,29H,8-9H2,(H,26,30)(H,27,35)(H,31,32)/t17-,18?,20?/m1/s1. The number of halogens is 1. The number of aliphatic carboxylic acids is 1. The van der Waals surface area contributed by atoms with Crippen LogP contribution >= 0.6 is 34.7 Å². The molecule has 1 saturated heterocycles. The number of imide groups is 1. The third-order valence-corrected chi connectivity index (χ3v) is 8.66. The van der Waals surface area contributed by atoms with Gasteiger partial charge in [0.25, 0.3) is 5.91 Å². The number of ether oxygens (including phenoxy) is 1. The van der Waals surface area contributed by atoms with E-state index in [1.54, 1.807) is 0 Å². The van der Waals surface area contributed by atoms with Gasteiger partial charge in [0.15, 0.2) is 6.61 Å². The normalized spacial score (nSPS) is 20.1. The van der Waals surface area contributed by atoms with Gasteiger partial charge in [-0.05, 0) is 42.5 Å². The summed E-state index contributed by atoms with van der Waals surface area (Å²) in [7, 11) is 0. The number of aromatic amines is 1. The number of anilines is 1. The largest absolute Gasteiger partial charge is 0.508 e. The number of aromatic hydroxyl groups is 1. The van der Waals surface area contributed by atoms with Crippen LogP contribution in [-0.4, -0.2) is 62.2 Å². The lowest BCUT2D eigenvalue weighted by molar-refractivity contribution is -0.149. The Morgan fingerprint density at radius 1 is 1.11 bits per heavy atom. The van der Waals surface area contributed by atoms with Gasteiger partial charge < -0.3 is 25.3 Å². The van der Waals surface area contributed by atoms with Gasteiger partial charge in [-0.3, -0.25) is 28.9 Å². The van der Waals surface area contributed by atoms with Crippen LogP contribution in [0.2, 0.25) is 5.02 Å². The lowest BCUT2D eigenvalue weighted by atomic mass is 9.82. The van der Waals surface area contributed by atoms with E-state index in [-0.39, 0.29) is 16.4 Å². The number of carbonyl (C=O) groups excluding carboxylic acids is 3. The minimum Gasteiger partial charge on any atom is -0.508 e. The lowest BCUT2D eigenvalue weighted by Gasteiger charge is -2.31. The number of carbonyl (C=O) groups is 4. The van der Waals surface area contributed by atoms with Crippen LogP contribution in [0.5, 0.6) is 11.5 Å². The molecule has 3 heterocycles. The fraction of sp³-hybridized carbons (Fsp3) is 0.208. The summed E-state index contributed by atoms with van der Waals surface area (Å²) >= 11 is 8.18. The fourth-order valence-corrected chi connectivity index (χ4v) is 7.19. The van der Waals surface area contributed by atoms with Crippen LogP contribution in [0.25, 0.3) is 0 Å². The number of fused-ring (bicyclic) bond motifs is 2. The molecule has 0 spiro atoms. The van der Waals surface area contributed by atoms with E-state index >= 15 is 0 Å². The average molecular weight is 576 g/mol. The Morgan fingerprint density at radius 3 is 2.55 bits per heavy atom. The van der Waals surface area contributed by atoms with Crippen molar-refractivity contribution in [1.82, 2.24) is 9.88 Å². The number of hydrogen-bond acceptors (Lipinski definition) is 9. The van der Waals surface area contributed by atoms with Crippen LogP contribution in [0.15, 0.2) is 52.3 Å². The Morgan fingerprint density at radius 2 is 1.84 bits per heavy atom. The second-order valence-electron chi connectivity index (χ2n) is 8.47. The number of phenols is 1. The second-order valence-corrected chi connectivity index (χ2v) is 11.1. The molecule has 11 nitrogen and oxygen atoms in total. The van der Waals surface area contributed by atoms with Crippen molar-refractivity contribution in [3.05, 3.63) is 67.6 Å². The molecule has 196 valence electrons. The van der Waals surface area contributed by atoms with Gasteiger partial charge in [-0.25, -0.2) is 0 Å². The molecule has 2 aromatic carbocycles. The van der Waals surface area contributed by atoms with E-state index in [0.717, 1.165) is 23.1 Å². The molecule has 3 amide bonds. The van der Waals surface area contributed by atoms with Crippen molar-refractivity contribution in [2.75, 3.05) is 18.5 Å². The van der Waals surface area contributed by atoms with Crippen LogP contribution in [0, 0.1) is 5.92 Å². The van der Waals surface area contributed by atoms with Crippen LogP contribution in [0.4, 0.5) is 5.69 Å². The van der Waals surface area contributed by atoms with Crippen LogP contribution in [0.3, 0.4) is 0 Å². The maximum absolute atomic E-state index is 13.4. The van der Waals surface area contributed by atoms with E-state index in [9.17, 15) is 34.2 Å². The number of H-pyrrole nitrogens is 1. The monoisotopic (exact) mass is 575 g/mol. The number of carboxylic acid groups (broad SMARTS) is 1. The molecule has 38 heavy (non-hydrogen) atoms. The molecule has 0 bridgehead atoms. The molecular formula is C24H18ClN3O8S2. The number of nitrogens with one attached hydrogen (secondary N) is 2. The van der Waals surface area contributed by atoms with Crippen molar-refractivity contribution in [3.8, 4) is 11.5 Å². The van der Waals surface area contributed by atoms with Gasteiger partial charge in [0, 0.05) is 27.1 Å². The maximum atomic E-state index is 13.4. The van der Waals surface area contributed by atoms with Gasteiger partial charge in [-0.2, -0.15) is 0 Å². The SMILES string of the molecule is O=C(O)CN1C(=O)C2Sc3[nH]c(=O)sc3[C@H](c3cc(Cl)ccc3OCC(=O)Nc3ccc(O)cc3)C2C1=O. The summed E-state index contributed by atoms with van der Waals surface area (Å²) in [5, 5.41) is 21.0. The summed E-state index contributed by atoms with van der Waals surface area (Å²) in [5.41, 5.74) is 0.815. The summed E-state index contributed by atoms with van der Waals surface area (Å²) in [5.74, 6) is -4.80. The summed E-state index contributed by atoms with van der Waals surface area (Å²) < 4.78 is 5.81. The molecule has 3 aromatic rings. The van der Waals surface area contributed by atoms with Crippen LogP contribution < -0.4 is 14.9 Å². The van der Waals surface area contributed by atoms with Gasteiger partial charge >= 0.3 is 10.8 Å². The molecule has 4 N–H and O–H groups in total. The highest BCUT2D eigenvalue weighted by Gasteiger charge is 2.56. The molecule has 2 aliphatic rings. The Hall–Kier alpha value is -3.81. The molecule has 1 fully saturated rings. The molecule has 1 aromatic heterocycles. The minimum atomic E-state index is -1.33. The highest BCUT2D eigenvalue weighted by molar-refractivity contribution is 8.00. The van der Waals surface area contributed by atoms with E-state index in [1.165, 1.54) is 42.5 Å². The molecule has 14 heteroatoms. The number of thioether (sulfide) groups is 1. The number of thiazole rings is 1. The number of hydrogen-bond donors (Lipinski definition) is 4. The third kappa shape index (κ3) is 4.87. The molecule has 0 saturated carbocycles. The summed E-state index contributed by atoms with van der Waals surface area (Å²) in [6, 6.07) is 10.5. The fourth-order valence-electron chi connectivity index (χ4n) is 4.48. The Labute approximate surface area is 227 Å². The van der Waals surface area contributed by atoms with Crippen molar-refractivity contribution < 1.29 is 34.1 Å². The van der Waals surface area contributed by atoms with Gasteiger partial charge in [0.1, 0.15) is 23.3 Å². The zero-order chi connectivity index (χ0) is 27.1. The van der Waals surface area contributed by atoms with Crippen molar-refractivity contribution in [2.45, 2.75) is 16.2 Å². The van der Waals surface area contributed by atoms with E-state index in [2.05, 4.69) is 10.3 Å². The number of phenolic OH excluding ortho intramolecular Hbond substituents is 1. The molecule has 2 unspecified atom stereocenters. The number of likely N-dealkylation sites (tertiary alicyclic amines) is 1. The topological polar surface area (TPSA) is 166 Å². The smallest absolute Gasteiger partial charge is 0.323 e. The first-order valence-corrected chi connectivity index (χ1v) is 13.2. The first-order valence-electron chi connectivity index (χ1n) is 11.1. The van der Waals surface area contributed by atoms with Crippen molar-refractivity contribution in [2.24, 2.45) is 5.92 Å². The number of nitrogens with zero attached hydrogens (tertiary/aromatic N) is 1. The van der Waals surface area contributed by atoms with Gasteiger partial charge in [-0.1, -0.05) is 34.7 Å². The maximum Gasteiger partial charge on any atom is 0.323 e. The predicted molar refractivity (Wildman–Crippen MR) is 138 cm³/mol. The van der Waals surface area contributed by atoms with E-state index in [4.69, 9.17) is 16.3 Å². The van der Waals surface area contributed by atoms with E-state index in [0.29, 0.717) is 31.1 Å². The first-order chi connectivity index (χ1) is 18.1.